The highest BCUT2D eigenvalue weighted by Gasteiger charge is 2.38. The number of anilines is 1. The van der Waals surface area contributed by atoms with Crippen LogP contribution >= 0.6 is 24.0 Å². The molecule has 27 heavy (non-hydrogen) atoms. The van der Waals surface area contributed by atoms with Crippen molar-refractivity contribution in [1.82, 2.24) is 16.0 Å². The van der Waals surface area contributed by atoms with E-state index in [2.05, 4.69) is 16.0 Å². The maximum atomic E-state index is 12.5. The summed E-state index contributed by atoms with van der Waals surface area (Å²) in [6.07, 6.45) is 2.72. The van der Waals surface area contributed by atoms with Gasteiger partial charge in [0.2, 0.25) is 5.91 Å². The fraction of sp³-hybridized carbons (Fsp3) is 0.500. The topological polar surface area (TPSA) is 90.5 Å². The van der Waals surface area contributed by atoms with Gasteiger partial charge in [-0.15, -0.1) is 12.4 Å². The molecule has 2 unspecified atom stereocenters. The van der Waals surface area contributed by atoms with Gasteiger partial charge in [-0.3, -0.25) is 9.59 Å². The van der Waals surface area contributed by atoms with Gasteiger partial charge in [0.25, 0.3) is 5.91 Å². The number of nitrogens with zero attached hydrogens (tertiary/aromatic N) is 1. The molecule has 9 heteroatoms. The Morgan fingerprint density at radius 1 is 1.26 bits per heavy atom. The second-order valence-corrected chi connectivity index (χ2v) is 7.14. The van der Waals surface area contributed by atoms with Crippen molar-refractivity contribution in [2.75, 3.05) is 24.5 Å². The van der Waals surface area contributed by atoms with E-state index in [0.29, 0.717) is 23.2 Å². The van der Waals surface area contributed by atoms with Gasteiger partial charge in [-0.25, -0.2) is 9.69 Å². The molecule has 0 bridgehead atoms. The second-order valence-electron chi connectivity index (χ2n) is 6.71. The van der Waals surface area contributed by atoms with Crippen molar-refractivity contribution in [3.8, 4) is 0 Å². The van der Waals surface area contributed by atoms with Gasteiger partial charge in [-0.05, 0) is 62.5 Å². The molecule has 2 aliphatic rings. The Morgan fingerprint density at radius 3 is 2.67 bits per heavy atom. The molecular formula is C18H24Cl2N4O3. The summed E-state index contributed by atoms with van der Waals surface area (Å²) in [7, 11) is 0. The number of hydrogen-bond acceptors (Lipinski definition) is 4. The van der Waals surface area contributed by atoms with Crippen molar-refractivity contribution in [3.05, 3.63) is 29.3 Å². The van der Waals surface area contributed by atoms with Crippen molar-refractivity contribution in [1.29, 1.82) is 0 Å². The molecule has 0 aromatic heterocycles. The zero-order valence-corrected chi connectivity index (χ0v) is 16.4. The van der Waals surface area contributed by atoms with Crippen LogP contribution in [0.3, 0.4) is 0 Å². The molecule has 7 nitrogen and oxygen atoms in total. The minimum absolute atomic E-state index is 0. The molecule has 0 saturated carbocycles. The van der Waals surface area contributed by atoms with Crippen molar-refractivity contribution < 1.29 is 14.4 Å². The number of amides is 4. The lowest BCUT2D eigenvalue weighted by Gasteiger charge is -2.22. The third-order valence-electron chi connectivity index (χ3n) is 4.75. The van der Waals surface area contributed by atoms with Crippen molar-refractivity contribution in [2.45, 2.75) is 31.7 Å². The van der Waals surface area contributed by atoms with E-state index in [9.17, 15) is 14.4 Å². The van der Waals surface area contributed by atoms with E-state index < -0.39 is 12.1 Å². The molecule has 0 aliphatic carbocycles. The monoisotopic (exact) mass is 414 g/mol. The zero-order valence-electron chi connectivity index (χ0n) is 14.9. The Kier molecular flexibility index (Phi) is 7.89. The van der Waals surface area contributed by atoms with E-state index in [4.69, 9.17) is 11.6 Å². The first-order chi connectivity index (χ1) is 12.5. The first-order valence-corrected chi connectivity index (χ1v) is 9.30. The van der Waals surface area contributed by atoms with Crippen molar-refractivity contribution >= 4 is 47.5 Å². The third-order valence-corrected chi connectivity index (χ3v) is 5.00. The molecular weight excluding hydrogens is 391 g/mol. The number of halogens is 2. The van der Waals surface area contributed by atoms with Gasteiger partial charge in [0.05, 0.1) is 5.69 Å². The van der Waals surface area contributed by atoms with Crippen LogP contribution in [0.2, 0.25) is 5.02 Å². The molecule has 1 aromatic carbocycles. The Morgan fingerprint density at radius 2 is 2.00 bits per heavy atom. The van der Waals surface area contributed by atoms with Gasteiger partial charge in [-0.2, -0.15) is 0 Å². The second kappa shape index (κ2) is 9.92. The predicted octanol–water partition coefficient (Wildman–Crippen LogP) is 2.08. The Bertz CT molecular complexity index is 678. The van der Waals surface area contributed by atoms with E-state index in [1.54, 1.807) is 24.3 Å². The fourth-order valence-electron chi connectivity index (χ4n) is 3.28. The van der Waals surface area contributed by atoms with Crippen LogP contribution in [0.25, 0.3) is 0 Å². The number of rotatable bonds is 6. The quantitative estimate of drug-likeness (QED) is 0.621. The van der Waals surface area contributed by atoms with Crippen LogP contribution in [0.1, 0.15) is 25.7 Å². The fourth-order valence-corrected chi connectivity index (χ4v) is 3.41. The molecule has 3 N–H and O–H groups in total. The van der Waals surface area contributed by atoms with Crippen LogP contribution in [0.15, 0.2) is 24.3 Å². The standard InChI is InChI=1S/C18H23ClN4O3.ClH/c19-13-3-5-14(6-4-13)23-17(25)15(22-18(23)26)7-8-16(24)21-11-12-2-1-9-20-10-12;/h3-6,12,15,20H,1-2,7-11H2,(H,21,24)(H,22,26);1H. The molecule has 0 spiro atoms. The summed E-state index contributed by atoms with van der Waals surface area (Å²) in [5.74, 6) is 0.0186. The summed E-state index contributed by atoms with van der Waals surface area (Å²) in [6, 6.07) is 5.33. The van der Waals surface area contributed by atoms with Gasteiger partial charge < -0.3 is 16.0 Å². The van der Waals surface area contributed by atoms with Crippen molar-refractivity contribution in [3.63, 3.8) is 0 Å². The van der Waals surface area contributed by atoms with Crippen molar-refractivity contribution in [2.24, 2.45) is 5.92 Å². The summed E-state index contributed by atoms with van der Waals surface area (Å²) >= 11 is 5.84. The minimum Gasteiger partial charge on any atom is -0.356 e. The first-order valence-electron chi connectivity index (χ1n) is 8.92. The molecule has 2 saturated heterocycles. The number of urea groups is 1. The number of nitrogens with one attached hydrogen (secondary N) is 3. The number of benzene rings is 1. The number of imide groups is 1. The summed E-state index contributed by atoms with van der Waals surface area (Å²) < 4.78 is 0. The molecule has 2 aliphatic heterocycles. The molecule has 2 heterocycles. The molecule has 1 aromatic rings. The normalized spacial score (nSPS) is 22.2. The number of hydrogen-bond donors (Lipinski definition) is 3. The predicted molar refractivity (Wildman–Crippen MR) is 106 cm³/mol. The minimum atomic E-state index is -0.680. The maximum absolute atomic E-state index is 12.5. The first kappa shape index (κ1) is 21.5. The summed E-state index contributed by atoms with van der Waals surface area (Å²) in [4.78, 5) is 37.7. The highest BCUT2D eigenvalue weighted by atomic mass is 35.5. The highest BCUT2D eigenvalue weighted by molar-refractivity contribution is 6.30. The van der Waals surface area contributed by atoms with Crippen LogP contribution in [-0.2, 0) is 9.59 Å². The van der Waals surface area contributed by atoms with Gasteiger partial charge in [-0.1, -0.05) is 11.6 Å². The van der Waals surface area contributed by atoms with Gasteiger partial charge in [0, 0.05) is 18.0 Å². The van der Waals surface area contributed by atoms with E-state index >= 15 is 0 Å². The average molecular weight is 415 g/mol. The van der Waals surface area contributed by atoms with Gasteiger partial charge in [0.15, 0.2) is 0 Å². The maximum Gasteiger partial charge on any atom is 0.329 e. The number of piperidine rings is 1. The van der Waals surface area contributed by atoms with Crippen LogP contribution < -0.4 is 20.9 Å². The highest BCUT2D eigenvalue weighted by Crippen LogP contribution is 2.23. The summed E-state index contributed by atoms with van der Waals surface area (Å²) in [6.45, 7) is 2.61. The van der Waals surface area contributed by atoms with E-state index in [1.165, 1.54) is 0 Å². The molecule has 0 radical (unpaired) electrons. The Balaban J connectivity index is 0.00000261. The molecule has 2 atom stereocenters. The molecule has 3 rings (SSSR count). The number of carbonyl (C=O) groups excluding carboxylic acids is 3. The lowest BCUT2D eigenvalue weighted by molar-refractivity contribution is -0.122. The van der Waals surface area contributed by atoms with Crippen LogP contribution in [0, 0.1) is 5.92 Å². The van der Waals surface area contributed by atoms with Crippen LogP contribution in [0.4, 0.5) is 10.5 Å². The molecule has 2 fully saturated rings. The summed E-state index contributed by atoms with van der Waals surface area (Å²) in [5.41, 5.74) is 0.466. The average Bonchev–Trinajstić information content (AvgIpc) is 2.93. The van der Waals surface area contributed by atoms with E-state index in [1.807, 2.05) is 0 Å². The molecule has 4 amide bonds. The third kappa shape index (κ3) is 5.57. The van der Waals surface area contributed by atoms with Crippen LogP contribution in [-0.4, -0.2) is 43.5 Å². The Hall–Kier alpha value is -1.83. The largest absolute Gasteiger partial charge is 0.356 e. The Labute approximate surface area is 169 Å². The van der Waals surface area contributed by atoms with Gasteiger partial charge >= 0.3 is 6.03 Å². The molecule has 148 valence electrons. The van der Waals surface area contributed by atoms with Crippen LogP contribution in [0.5, 0.6) is 0 Å². The smallest absolute Gasteiger partial charge is 0.329 e. The lowest BCUT2D eigenvalue weighted by Crippen LogP contribution is -2.38. The zero-order chi connectivity index (χ0) is 18.5. The van der Waals surface area contributed by atoms with Gasteiger partial charge in [0.1, 0.15) is 6.04 Å². The lowest BCUT2D eigenvalue weighted by atomic mass is 10.00. The number of carbonyl (C=O) groups is 3. The SMILES string of the molecule is Cl.O=C(CCC1NC(=O)N(c2ccc(Cl)cc2)C1=O)NCC1CCCNC1. The van der Waals surface area contributed by atoms with E-state index in [-0.39, 0.29) is 37.1 Å². The summed E-state index contributed by atoms with van der Waals surface area (Å²) in [5, 5.41) is 9.40. The van der Waals surface area contributed by atoms with E-state index in [0.717, 1.165) is 30.8 Å².